The highest BCUT2D eigenvalue weighted by Gasteiger charge is 2.37. The predicted molar refractivity (Wildman–Crippen MR) is 71.2 cm³/mol. The first-order valence-corrected chi connectivity index (χ1v) is 5.92. The molecule has 0 bridgehead atoms. The monoisotopic (exact) mass is 227 g/mol. The molecule has 0 radical (unpaired) electrons. The molecule has 0 amide bonds. The third kappa shape index (κ3) is 3.82. The third-order valence-electron chi connectivity index (χ3n) is 3.47. The second kappa shape index (κ2) is 4.40. The summed E-state index contributed by atoms with van der Waals surface area (Å²) >= 11 is 0. The molecule has 0 aliphatic rings. The predicted octanol–water partition coefficient (Wildman–Crippen LogP) is 3.71. The van der Waals surface area contributed by atoms with Crippen LogP contribution in [0.25, 0.3) is 0 Å². The van der Waals surface area contributed by atoms with Crippen molar-refractivity contribution < 1.29 is 4.74 Å². The van der Waals surface area contributed by atoms with Crippen molar-refractivity contribution in [3.8, 4) is 0 Å². The van der Waals surface area contributed by atoms with Gasteiger partial charge in [-0.15, -0.1) is 0 Å². The molecule has 0 heterocycles. The van der Waals surface area contributed by atoms with Crippen LogP contribution in [0.5, 0.6) is 0 Å². The minimum absolute atomic E-state index is 0.0228. The molecular formula is C14H29NO. The van der Waals surface area contributed by atoms with E-state index in [1.54, 1.807) is 0 Å². The van der Waals surface area contributed by atoms with Crippen LogP contribution in [0, 0.1) is 10.8 Å². The van der Waals surface area contributed by atoms with Crippen molar-refractivity contribution in [3.63, 3.8) is 0 Å². The first-order chi connectivity index (χ1) is 6.79. The van der Waals surface area contributed by atoms with Crippen LogP contribution in [0.1, 0.15) is 55.4 Å². The van der Waals surface area contributed by atoms with Gasteiger partial charge in [-0.25, -0.2) is 0 Å². The lowest BCUT2D eigenvalue weighted by atomic mass is 9.78. The zero-order chi connectivity index (χ0) is 13.4. The van der Waals surface area contributed by atoms with Gasteiger partial charge in [-0.3, -0.25) is 0 Å². The van der Waals surface area contributed by atoms with E-state index in [2.05, 4.69) is 62.0 Å². The maximum absolute atomic E-state index is 6.12. The van der Waals surface area contributed by atoms with E-state index in [1.807, 2.05) is 0 Å². The topological polar surface area (TPSA) is 35.2 Å². The van der Waals surface area contributed by atoms with Crippen LogP contribution in [-0.2, 0) is 4.74 Å². The Morgan fingerprint density at radius 1 is 1.00 bits per heavy atom. The lowest BCUT2D eigenvalue weighted by molar-refractivity contribution is -0.0619. The Morgan fingerprint density at radius 2 is 1.38 bits per heavy atom. The molecule has 0 aliphatic carbocycles. The fourth-order valence-electron chi connectivity index (χ4n) is 1.03. The summed E-state index contributed by atoms with van der Waals surface area (Å²) in [5.41, 5.74) is 5.88. The van der Waals surface area contributed by atoms with Crippen LogP contribution in [0.4, 0.5) is 0 Å². The first-order valence-electron chi connectivity index (χ1n) is 5.92. The van der Waals surface area contributed by atoms with Crippen molar-refractivity contribution in [2.75, 3.05) is 0 Å². The van der Waals surface area contributed by atoms with E-state index in [4.69, 9.17) is 10.5 Å². The van der Waals surface area contributed by atoms with Gasteiger partial charge in [0.05, 0.1) is 6.04 Å². The lowest BCUT2D eigenvalue weighted by Gasteiger charge is -2.42. The second-order valence-electron chi connectivity index (χ2n) is 7.17. The molecule has 1 unspecified atom stereocenters. The number of hydrogen-bond acceptors (Lipinski definition) is 2. The van der Waals surface area contributed by atoms with Crippen molar-refractivity contribution in [2.45, 2.75) is 67.0 Å². The highest BCUT2D eigenvalue weighted by molar-refractivity contribution is 5.04. The molecule has 0 fully saturated rings. The Morgan fingerprint density at radius 3 is 1.62 bits per heavy atom. The molecule has 0 spiro atoms. The maximum atomic E-state index is 6.12. The Hall–Kier alpha value is -0.500. The lowest BCUT2D eigenvalue weighted by Crippen LogP contribution is -2.44. The van der Waals surface area contributed by atoms with Crippen molar-refractivity contribution in [2.24, 2.45) is 16.6 Å². The Labute approximate surface area is 101 Å². The van der Waals surface area contributed by atoms with Crippen molar-refractivity contribution in [1.29, 1.82) is 0 Å². The maximum Gasteiger partial charge on any atom is 0.108 e. The summed E-state index contributed by atoms with van der Waals surface area (Å²) in [4.78, 5) is 0. The van der Waals surface area contributed by atoms with Crippen molar-refractivity contribution >= 4 is 0 Å². The zero-order valence-corrected chi connectivity index (χ0v) is 12.3. The zero-order valence-electron chi connectivity index (χ0n) is 12.3. The Balaban J connectivity index is 4.71. The molecule has 2 heteroatoms. The SMILES string of the molecule is C=C(OC(C)(C)C(C)(C)C)C(N)C(C)(C)C. The van der Waals surface area contributed by atoms with E-state index in [-0.39, 0.29) is 22.5 Å². The quantitative estimate of drug-likeness (QED) is 0.746. The van der Waals surface area contributed by atoms with E-state index in [0.29, 0.717) is 5.76 Å². The summed E-state index contributed by atoms with van der Waals surface area (Å²) in [5, 5.41) is 0. The minimum Gasteiger partial charge on any atom is -0.491 e. The van der Waals surface area contributed by atoms with E-state index in [9.17, 15) is 0 Å². The second-order valence-corrected chi connectivity index (χ2v) is 7.17. The van der Waals surface area contributed by atoms with Gasteiger partial charge >= 0.3 is 0 Å². The standard InChI is InChI=1S/C14H29NO/c1-10(11(15)12(2,3)4)16-14(8,9)13(5,6)7/h11H,1,15H2,2-9H3. The highest BCUT2D eigenvalue weighted by atomic mass is 16.5. The largest absolute Gasteiger partial charge is 0.491 e. The van der Waals surface area contributed by atoms with E-state index >= 15 is 0 Å². The molecule has 0 saturated carbocycles. The number of hydrogen-bond donors (Lipinski definition) is 1. The van der Waals surface area contributed by atoms with Gasteiger partial charge in [0.25, 0.3) is 0 Å². The summed E-state index contributed by atoms with van der Waals surface area (Å²) in [7, 11) is 0. The first kappa shape index (κ1) is 15.5. The highest BCUT2D eigenvalue weighted by Crippen LogP contribution is 2.36. The van der Waals surface area contributed by atoms with Crippen LogP contribution in [0.15, 0.2) is 12.3 Å². The molecule has 0 aromatic heterocycles. The normalized spacial score (nSPS) is 15.8. The Kier molecular flexibility index (Phi) is 4.26. The number of nitrogens with two attached hydrogens (primary N) is 1. The molecular weight excluding hydrogens is 198 g/mol. The van der Waals surface area contributed by atoms with E-state index < -0.39 is 0 Å². The molecule has 0 aromatic carbocycles. The van der Waals surface area contributed by atoms with Crippen molar-refractivity contribution in [3.05, 3.63) is 12.3 Å². The van der Waals surface area contributed by atoms with Crippen LogP contribution in [0.2, 0.25) is 0 Å². The van der Waals surface area contributed by atoms with Gasteiger partial charge in [-0.05, 0) is 19.3 Å². The molecule has 16 heavy (non-hydrogen) atoms. The molecule has 0 saturated heterocycles. The van der Waals surface area contributed by atoms with Gasteiger partial charge in [0, 0.05) is 5.41 Å². The van der Waals surface area contributed by atoms with Gasteiger partial charge in [0.2, 0.25) is 0 Å². The van der Waals surface area contributed by atoms with Gasteiger partial charge in [0.15, 0.2) is 0 Å². The molecule has 0 aromatic rings. The average Bonchev–Trinajstić information content (AvgIpc) is 1.97. The summed E-state index contributed by atoms with van der Waals surface area (Å²) < 4.78 is 5.97. The number of ether oxygens (including phenoxy) is 1. The smallest absolute Gasteiger partial charge is 0.108 e. The molecule has 96 valence electrons. The minimum atomic E-state index is -0.271. The van der Waals surface area contributed by atoms with E-state index in [1.165, 1.54) is 0 Å². The van der Waals surface area contributed by atoms with Gasteiger partial charge in [-0.1, -0.05) is 48.1 Å². The van der Waals surface area contributed by atoms with Crippen LogP contribution >= 0.6 is 0 Å². The third-order valence-corrected chi connectivity index (χ3v) is 3.47. The van der Waals surface area contributed by atoms with Crippen LogP contribution in [0.3, 0.4) is 0 Å². The van der Waals surface area contributed by atoms with Crippen LogP contribution in [-0.4, -0.2) is 11.6 Å². The molecule has 0 rings (SSSR count). The fraction of sp³-hybridized carbons (Fsp3) is 0.857. The summed E-state index contributed by atoms with van der Waals surface area (Å²) in [6.45, 7) is 20.9. The van der Waals surface area contributed by atoms with Crippen molar-refractivity contribution in [1.82, 2.24) is 0 Å². The molecule has 0 aliphatic heterocycles. The molecule has 1 atom stereocenters. The Bertz CT molecular complexity index is 253. The summed E-state index contributed by atoms with van der Waals surface area (Å²) in [6, 6.07) is -0.144. The number of rotatable bonds is 3. The van der Waals surface area contributed by atoms with Crippen LogP contribution < -0.4 is 5.73 Å². The summed E-state index contributed by atoms with van der Waals surface area (Å²) in [5.74, 6) is 0.674. The van der Waals surface area contributed by atoms with E-state index in [0.717, 1.165) is 0 Å². The average molecular weight is 227 g/mol. The molecule has 2 N–H and O–H groups in total. The van der Waals surface area contributed by atoms with Gasteiger partial charge < -0.3 is 10.5 Å². The fourth-order valence-corrected chi connectivity index (χ4v) is 1.03. The van der Waals surface area contributed by atoms with Gasteiger partial charge in [0.1, 0.15) is 11.4 Å². The summed E-state index contributed by atoms with van der Waals surface area (Å²) in [6.07, 6.45) is 0. The molecule has 2 nitrogen and oxygen atoms in total. The van der Waals surface area contributed by atoms with Gasteiger partial charge in [-0.2, -0.15) is 0 Å².